The molecule has 2 saturated heterocycles. The van der Waals surface area contributed by atoms with Crippen LogP contribution in [-0.4, -0.2) is 73.5 Å². The molecule has 214 valence electrons. The lowest BCUT2D eigenvalue weighted by molar-refractivity contribution is 0.0904. The molecule has 0 spiro atoms. The van der Waals surface area contributed by atoms with Gasteiger partial charge < -0.3 is 29.9 Å². The van der Waals surface area contributed by atoms with Crippen molar-refractivity contribution in [1.29, 1.82) is 0 Å². The number of aromatic nitrogens is 2. The zero-order valence-corrected chi connectivity index (χ0v) is 22.8. The monoisotopic (exact) mass is 562 g/mol. The predicted molar refractivity (Wildman–Crippen MR) is 154 cm³/mol. The highest BCUT2D eigenvalue weighted by atomic mass is 19.1. The van der Waals surface area contributed by atoms with Gasteiger partial charge in [-0.1, -0.05) is 0 Å². The van der Waals surface area contributed by atoms with Gasteiger partial charge in [0.25, 0.3) is 5.91 Å². The molecule has 11 heteroatoms. The standard InChI is InChI=1S/C30H32F2N6O3/c1-37-8-10-38(11-9-37)22-2-4-25(28(17-22)33-21-6-12-40-13-7-21)30(39)34-29-26-18-23(3-5-27(26)35-36-29)41-24-15-19(31)14-20(32)16-24/h2-5,14-18,21,33H,6-13H2,1H3,(H2,34,35,36,39). The Balaban J connectivity index is 1.25. The Morgan fingerprint density at radius 2 is 1.73 bits per heavy atom. The Bertz CT molecular complexity index is 1530. The maximum absolute atomic E-state index is 13.6. The van der Waals surface area contributed by atoms with E-state index in [4.69, 9.17) is 9.47 Å². The Kier molecular flexibility index (Phi) is 7.71. The van der Waals surface area contributed by atoms with Crippen LogP contribution < -0.4 is 20.3 Å². The van der Waals surface area contributed by atoms with Crippen molar-refractivity contribution >= 4 is 34.0 Å². The number of likely N-dealkylation sites (N-methyl/N-ethyl adjacent to an activating group) is 1. The number of halogens is 2. The van der Waals surface area contributed by atoms with Crippen LogP contribution >= 0.6 is 0 Å². The summed E-state index contributed by atoms with van der Waals surface area (Å²) in [4.78, 5) is 18.3. The van der Waals surface area contributed by atoms with Gasteiger partial charge in [0, 0.05) is 80.4 Å². The first-order chi connectivity index (χ1) is 19.9. The number of nitrogens with one attached hydrogen (secondary N) is 3. The van der Waals surface area contributed by atoms with Gasteiger partial charge in [0.05, 0.1) is 11.1 Å². The summed E-state index contributed by atoms with van der Waals surface area (Å²) in [5.74, 6) is -1.09. The summed E-state index contributed by atoms with van der Waals surface area (Å²) in [5, 5.41) is 14.3. The topological polar surface area (TPSA) is 94.8 Å². The highest BCUT2D eigenvalue weighted by molar-refractivity contribution is 6.11. The Morgan fingerprint density at radius 3 is 2.49 bits per heavy atom. The quantitative estimate of drug-likeness (QED) is 0.284. The van der Waals surface area contributed by atoms with Crippen LogP contribution in [0.3, 0.4) is 0 Å². The number of benzene rings is 3. The number of nitrogens with zero attached hydrogens (tertiary/aromatic N) is 3. The normalized spacial score (nSPS) is 16.6. The van der Waals surface area contributed by atoms with E-state index >= 15 is 0 Å². The van der Waals surface area contributed by atoms with Crippen LogP contribution in [0.5, 0.6) is 11.5 Å². The molecule has 0 saturated carbocycles. The molecule has 0 radical (unpaired) electrons. The van der Waals surface area contributed by atoms with Crippen molar-refractivity contribution < 1.29 is 23.0 Å². The molecule has 41 heavy (non-hydrogen) atoms. The van der Waals surface area contributed by atoms with E-state index < -0.39 is 11.6 Å². The number of hydrogen-bond acceptors (Lipinski definition) is 7. The number of aromatic amines is 1. The third kappa shape index (κ3) is 6.26. The third-order valence-corrected chi connectivity index (χ3v) is 7.54. The highest BCUT2D eigenvalue weighted by Gasteiger charge is 2.22. The fraction of sp³-hybridized carbons (Fsp3) is 0.333. The van der Waals surface area contributed by atoms with Gasteiger partial charge in [0.2, 0.25) is 0 Å². The summed E-state index contributed by atoms with van der Waals surface area (Å²) in [7, 11) is 2.12. The molecular weight excluding hydrogens is 530 g/mol. The number of piperazine rings is 1. The van der Waals surface area contributed by atoms with Crippen LogP contribution in [0, 0.1) is 11.6 Å². The zero-order valence-electron chi connectivity index (χ0n) is 22.8. The van der Waals surface area contributed by atoms with Gasteiger partial charge in [0.1, 0.15) is 23.1 Å². The summed E-state index contributed by atoms with van der Waals surface area (Å²) in [6.45, 7) is 5.18. The van der Waals surface area contributed by atoms with Gasteiger partial charge in [-0.3, -0.25) is 9.89 Å². The van der Waals surface area contributed by atoms with E-state index in [2.05, 4.69) is 43.7 Å². The second kappa shape index (κ2) is 11.7. The molecule has 3 heterocycles. The van der Waals surface area contributed by atoms with Gasteiger partial charge in [-0.2, -0.15) is 5.10 Å². The number of hydrogen-bond donors (Lipinski definition) is 3. The Morgan fingerprint density at radius 1 is 0.976 bits per heavy atom. The predicted octanol–water partition coefficient (Wildman–Crippen LogP) is 5.23. The maximum Gasteiger partial charge on any atom is 0.258 e. The molecule has 0 atom stereocenters. The lowest BCUT2D eigenvalue weighted by Crippen LogP contribution is -2.44. The third-order valence-electron chi connectivity index (χ3n) is 7.54. The SMILES string of the molecule is CN1CCN(c2ccc(C(=O)Nc3n[nH]c4ccc(Oc5cc(F)cc(F)c5)cc34)c(NC3CCOCC3)c2)CC1. The molecule has 9 nitrogen and oxygen atoms in total. The van der Waals surface area contributed by atoms with Crippen LogP contribution in [-0.2, 0) is 4.74 Å². The van der Waals surface area contributed by atoms with Crippen molar-refractivity contribution in [1.82, 2.24) is 15.1 Å². The molecule has 0 unspecified atom stereocenters. The van der Waals surface area contributed by atoms with Gasteiger partial charge in [-0.15, -0.1) is 0 Å². The summed E-state index contributed by atoms with van der Waals surface area (Å²) in [5.41, 5.74) is 3.02. The van der Waals surface area contributed by atoms with Gasteiger partial charge in [-0.05, 0) is 56.3 Å². The Labute approximate surface area is 236 Å². The van der Waals surface area contributed by atoms with Gasteiger partial charge >= 0.3 is 0 Å². The van der Waals surface area contributed by atoms with Crippen LogP contribution in [0.15, 0.2) is 54.6 Å². The summed E-state index contributed by atoms with van der Waals surface area (Å²) in [6, 6.07) is 14.1. The first kappa shape index (κ1) is 27.0. The minimum Gasteiger partial charge on any atom is -0.457 e. The smallest absolute Gasteiger partial charge is 0.258 e. The second-order valence-corrected chi connectivity index (χ2v) is 10.5. The summed E-state index contributed by atoms with van der Waals surface area (Å²) < 4.78 is 38.5. The van der Waals surface area contributed by atoms with Crippen molar-refractivity contribution in [2.24, 2.45) is 0 Å². The van der Waals surface area contributed by atoms with Crippen molar-refractivity contribution in [3.63, 3.8) is 0 Å². The number of amides is 1. The number of H-pyrrole nitrogens is 1. The lowest BCUT2D eigenvalue weighted by atomic mass is 10.1. The molecule has 2 fully saturated rings. The molecule has 0 aliphatic carbocycles. The first-order valence-corrected chi connectivity index (χ1v) is 13.8. The van der Waals surface area contributed by atoms with E-state index in [1.54, 1.807) is 18.2 Å². The number of carbonyl (C=O) groups is 1. The molecule has 1 amide bonds. The van der Waals surface area contributed by atoms with Gasteiger partial charge in [-0.25, -0.2) is 8.78 Å². The minimum absolute atomic E-state index is 0.0280. The lowest BCUT2D eigenvalue weighted by Gasteiger charge is -2.34. The van der Waals surface area contributed by atoms with E-state index in [1.807, 2.05) is 12.1 Å². The van der Waals surface area contributed by atoms with E-state index in [0.29, 0.717) is 41.2 Å². The van der Waals surface area contributed by atoms with E-state index in [-0.39, 0.29) is 17.7 Å². The van der Waals surface area contributed by atoms with Crippen LogP contribution in [0.1, 0.15) is 23.2 Å². The fourth-order valence-corrected chi connectivity index (χ4v) is 5.22. The number of carbonyl (C=O) groups excluding carboxylic acids is 1. The molecule has 2 aliphatic heterocycles. The highest BCUT2D eigenvalue weighted by Crippen LogP contribution is 2.31. The molecule has 0 bridgehead atoms. The molecule has 3 N–H and O–H groups in total. The van der Waals surface area contributed by atoms with E-state index in [9.17, 15) is 13.6 Å². The number of rotatable bonds is 7. The van der Waals surface area contributed by atoms with Crippen molar-refractivity contribution in [2.45, 2.75) is 18.9 Å². The summed E-state index contributed by atoms with van der Waals surface area (Å²) in [6.07, 6.45) is 1.73. The molecule has 1 aromatic heterocycles. The minimum atomic E-state index is -0.735. The molecule has 4 aromatic rings. The average Bonchev–Trinajstić information content (AvgIpc) is 3.35. The number of anilines is 3. The fourth-order valence-electron chi connectivity index (χ4n) is 5.22. The zero-order chi connectivity index (χ0) is 28.3. The Hall–Kier alpha value is -4.22. The van der Waals surface area contributed by atoms with Gasteiger partial charge in [0.15, 0.2) is 5.82 Å². The van der Waals surface area contributed by atoms with E-state index in [1.165, 1.54) is 0 Å². The molecule has 6 rings (SSSR count). The molecule has 2 aliphatic rings. The largest absolute Gasteiger partial charge is 0.457 e. The molecule has 3 aromatic carbocycles. The van der Waals surface area contributed by atoms with Crippen molar-refractivity contribution in [3.05, 3.63) is 71.8 Å². The molecular formula is C30H32F2N6O3. The van der Waals surface area contributed by atoms with Crippen LogP contribution in [0.2, 0.25) is 0 Å². The summed E-state index contributed by atoms with van der Waals surface area (Å²) >= 11 is 0. The van der Waals surface area contributed by atoms with Crippen LogP contribution in [0.25, 0.3) is 10.9 Å². The number of ether oxygens (including phenoxy) is 2. The van der Waals surface area contributed by atoms with Crippen LogP contribution in [0.4, 0.5) is 26.0 Å². The van der Waals surface area contributed by atoms with Crippen molar-refractivity contribution in [3.8, 4) is 11.5 Å². The number of fused-ring (bicyclic) bond motifs is 1. The maximum atomic E-state index is 13.6. The van der Waals surface area contributed by atoms with E-state index in [0.717, 1.165) is 68.6 Å². The second-order valence-electron chi connectivity index (χ2n) is 10.5. The average molecular weight is 563 g/mol. The first-order valence-electron chi connectivity index (χ1n) is 13.8. The van der Waals surface area contributed by atoms with Crippen molar-refractivity contribution in [2.75, 3.05) is 62.0 Å².